The van der Waals surface area contributed by atoms with Crippen LogP contribution in [0.5, 0.6) is 0 Å². The van der Waals surface area contributed by atoms with Gasteiger partial charge in [-0.15, -0.1) is 11.3 Å². The maximum absolute atomic E-state index is 12.7. The number of fused-ring (bicyclic) bond motifs is 1. The molecular formula is C22H19ClN2O2S. The Balaban J connectivity index is 1.55. The lowest BCUT2D eigenvalue weighted by Crippen LogP contribution is -2.11. The van der Waals surface area contributed by atoms with Crippen molar-refractivity contribution in [3.05, 3.63) is 69.8 Å². The van der Waals surface area contributed by atoms with Crippen molar-refractivity contribution in [2.45, 2.75) is 26.7 Å². The summed E-state index contributed by atoms with van der Waals surface area (Å²) in [6, 6.07) is 13.9. The first-order valence-corrected chi connectivity index (χ1v) is 10.4. The summed E-state index contributed by atoms with van der Waals surface area (Å²) in [6.45, 7) is 4.02. The minimum absolute atomic E-state index is 0.253. The minimum Gasteiger partial charge on any atom is -0.449 e. The number of benzene rings is 2. The van der Waals surface area contributed by atoms with E-state index in [1.165, 1.54) is 16.9 Å². The standard InChI is InChI=1S/C22H19ClN2O2S/c1-3-5-14-8-10-15(11-9-14)18-12-28-22(24-18)25-21(26)19-13(2)16-6-4-7-17(23)20(16)27-19/h4,6-12H,3,5H2,1-2H3,(H,24,25,26). The third-order valence-electron chi connectivity index (χ3n) is 4.63. The largest absolute Gasteiger partial charge is 0.449 e. The molecule has 0 bridgehead atoms. The van der Waals surface area contributed by atoms with Gasteiger partial charge in [0.05, 0.1) is 10.7 Å². The van der Waals surface area contributed by atoms with E-state index in [9.17, 15) is 4.79 Å². The van der Waals surface area contributed by atoms with E-state index in [0.717, 1.165) is 35.0 Å². The van der Waals surface area contributed by atoms with Gasteiger partial charge in [0.2, 0.25) is 0 Å². The molecule has 2 aromatic heterocycles. The van der Waals surface area contributed by atoms with Gasteiger partial charge in [-0.05, 0) is 25.0 Å². The molecule has 4 aromatic rings. The summed E-state index contributed by atoms with van der Waals surface area (Å²) in [5.41, 5.74) is 4.47. The van der Waals surface area contributed by atoms with Crippen LogP contribution in [-0.4, -0.2) is 10.9 Å². The van der Waals surface area contributed by atoms with E-state index < -0.39 is 0 Å². The van der Waals surface area contributed by atoms with E-state index in [1.54, 1.807) is 6.07 Å². The number of aryl methyl sites for hydroxylation is 2. The lowest BCUT2D eigenvalue weighted by Gasteiger charge is -2.01. The number of aromatic nitrogens is 1. The molecule has 6 heteroatoms. The zero-order valence-electron chi connectivity index (χ0n) is 15.6. The number of carbonyl (C=O) groups excluding carboxylic acids is 1. The monoisotopic (exact) mass is 410 g/mol. The van der Waals surface area contributed by atoms with E-state index >= 15 is 0 Å². The van der Waals surface area contributed by atoms with Gasteiger partial charge in [0.1, 0.15) is 0 Å². The zero-order chi connectivity index (χ0) is 19.7. The van der Waals surface area contributed by atoms with Crippen molar-refractivity contribution in [1.82, 2.24) is 4.98 Å². The van der Waals surface area contributed by atoms with Gasteiger partial charge in [-0.2, -0.15) is 0 Å². The predicted molar refractivity (Wildman–Crippen MR) is 115 cm³/mol. The lowest BCUT2D eigenvalue weighted by atomic mass is 10.1. The molecule has 1 amide bonds. The zero-order valence-corrected chi connectivity index (χ0v) is 17.2. The minimum atomic E-state index is -0.330. The number of para-hydroxylation sites is 1. The van der Waals surface area contributed by atoms with Gasteiger partial charge in [0.15, 0.2) is 16.5 Å². The third-order valence-corrected chi connectivity index (χ3v) is 5.69. The van der Waals surface area contributed by atoms with E-state index in [4.69, 9.17) is 16.0 Å². The van der Waals surface area contributed by atoms with Crippen LogP contribution in [0.3, 0.4) is 0 Å². The average Bonchev–Trinajstić information content (AvgIpc) is 3.29. The van der Waals surface area contributed by atoms with E-state index in [2.05, 4.69) is 41.5 Å². The van der Waals surface area contributed by atoms with Crippen LogP contribution < -0.4 is 5.32 Å². The Labute approximate surface area is 172 Å². The molecule has 1 N–H and O–H groups in total. The molecule has 0 saturated carbocycles. The third kappa shape index (κ3) is 3.55. The summed E-state index contributed by atoms with van der Waals surface area (Å²) >= 11 is 7.56. The molecule has 0 spiro atoms. The van der Waals surface area contributed by atoms with Gasteiger partial charge >= 0.3 is 0 Å². The molecule has 0 aliphatic heterocycles. The Bertz CT molecular complexity index is 1150. The maximum Gasteiger partial charge on any atom is 0.293 e. The Morgan fingerprint density at radius 2 is 2.00 bits per heavy atom. The molecule has 4 rings (SSSR count). The van der Waals surface area contributed by atoms with Crippen LogP contribution in [0.4, 0.5) is 5.13 Å². The Kier molecular flexibility index (Phi) is 5.20. The summed E-state index contributed by atoms with van der Waals surface area (Å²) in [7, 11) is 0. The molecule has 0 aliphatic rings. The average molecular weight is 411 g/mol. The summed E-state index contributed by atoms with van der Waals surface area (Å²) < 4.78 is 5.72. The molecule has 4 nitrogen and oxygen atoms in total. The molecule has 0 saturated heterocycles. The second-order valence-electron chi connectivity index (χ2n) is 6.61. The van der Waals surface area contributed by atoms with Crippen molar-refractivity contribution in [2.75, 3.05) is 5.32 Å². The van der Waals surface area contributed by atoms with E-state index in [-0.39, 0.29) is 11.7 Å². The van der Waals surface area contributed by atoms with Gasteiger partial charge in [0, 0.05) is 21.9 Å². The topological polar surface area (TPSA) is 55.1 Å². The molecule has 2 aromatic carbocycles. The molecule has 28 heavy (non-hydrogen) atoms. The molecule has 142 valence electrons. The number of halogens is 1. The fraction of sp³-hybridized carbons (Fsp3) is 0.182. The molecule has 2 heterocycles. The molecule has 0 unspecified atom stereocenters. The van der Waals surface area contributed by atoms with Crippen LogP contribution in [0.2, 0.25) is 5.02 Å². The Morgan fingerprint density at radius 1 is 1.21 bits per heavy atom. The van der Waals surface area contributed by atoms with Crippen molar-refractivity contribution in [3.63, 3.8) is 0 Å². The summed E-state index contributed by atoms with van der Waals surface area (Å²) in [5, 5.41) is 6.63. The fourth-order valence-electron chi connectivity index (χ4n) is 3.17. The number of nitrogens with zero attached hydrogens (tertiary/aromatic N) is 1. The number of nitrogens with one attached hydrogen (secondary N) is 1. The second kappa shape index (κ2) is 7.78. The maximum atomic E-state index is 12.7. The highest BCUT2D eigenvalue weighted by molar-refractivity contribution is 7.14. The predicted octanol–water partition coefficient (Wildman–Crippen LogP) is 6.72. The van der Waals surface area contributed by atoms with Crippen LogP contribution in [0.25, 0.3) is 22.2 Å². The van der Waals surface area contributed by atoms with Crippen LogP contribution in [0, 0.1) is 6.92 Å². The van der Waals surface area contributed by atoms with Crippen molar-refractivity contribution in [1.29, 1.82) is 0 Å². The molecule has 0 aliphatic carbocycles. The normalized spacial score (nSPS) is 11.1. The van der Waals surface area contributed by atoms with Gasteiger partial charge in [-0.1, -0.05) is 61.3 Å². The number of anilines is 1. The van der Waals surface area contributed by atoms with E-state index in [0.29, 0.717) is 15.7 Å². The Hall–Kier alpha value is -2.63. The first-order valence-electron chi connectivity index (χ1n) is 9.10. The smallest absolute Gasteiger partial charge is 0.293 e. The SMILES string of the molecule is CCCc1ccc(-c2csc(NC(=O)c3oc4c(Cl)cccc4c3C)n2)cc1. The van der Waals surface area contributed by atoms with Crippen LogP contribution in [-0.2, 0) is 6.42 Å². The molecule has 0 atom stereocenters. The number of furan rings is 1. The lowest BCUT2D eigenvalue weighted by molar-refractivity contribution is 0.0998. The fourth-order valence-corrected chi connectivity index (χ4v) is 4.10. The van der Waals surface area contributed by atoms with Crippen molar-refractivity contribution < 1.29 is 9.21 Å². The van der Waals surface area contributed by atoms with Gasteiger partial charge < -0.3 is 4.42 Å². The number of thiazole rings is 1. The van der Waals surface area contributed by atoms with Gasteiger partial charge in [-0.25, -0.2) is 4.98 Å². The highest BCUT2D eigenvalue weighted by Gasteiger charge is 2.20. The highest BCUT2D eigenvalue weighted by Crippen LogP contribution is 2.32. The van der Waals surface area contributed by atoms with Crippen LogP contribution >= 0.6 is 22.9 Å². The van der Waals surface area contributed by atoms with Gasteiger partial charge in [-0.3, -0.25) is 10.1 Å². The Morgan fingerprint density at radius 3 is 2.71 bits per heavy atom. The first kappa shape index (κ1) is 18.7. The summed E-state index contributed by atoms with van der Waals surface area (Å²) in [6.07, 6.45) is 2.19. The summed E-state index contributed by atoms with van der Waals surface area (Å²) in [4.78, 5) is 17.2. The van der Waals surface area contributed by atoms with Crippen molar-refractivity contribution in [3.8, 4) is 11.3 Å². The van der Waals surface area contributed by atoms with Crippen molar-refractivity contribution in [2.24, 2.45) is 0 Å². The number of carbonyl (C=O) groups is 1. The second-order valence-corrected chi connectivity index (χ2v) is 7.88. The molecular weight excluding hydrogens is 392 g/mol. The molecule has 0 fully saturated rings. The van der Waals surface area contributed by atoms with E-state index in [1.807, 2.05) is 24.4 Å². The highest BCUT2D eigenvalue weighted by atomic mass is 35.5. The number of amides is 1. The van der Waals surface area contributed by atoms with Gasteiger partial charge in [0.25, 0.3) is 5.91 Å². The number of hydrogen-bond acceptors (Lipinski definition) is 4. The summed E-state index contributed by atoms with van der Waals surface area (Å²) in [5.74, 6) is -0.0762. The first-order chi connectivity index (χ1) is 13.6. The molecule has 0 radical (unpaired) electrons. The number of hydrogen-bond donors (Lipinski definition) is 1. The number of rotatable bonds is 5. The quantitative estimate of drug-likeness (QED) is 0.397. The van der Waals surface area contributed by atoms with Crippen molar-refractivity contribution >= 4 is 44.9 Å². The van der Waals surface area contributed by atoms with Crippen LogP contribution in [0.1, 0.15) is 35.0 Å². The van der Waals surface area contributed by atoms with Crippen LogP contribution in [0.15, 0.2) is 52.3 Å².